The lowest BCUT2D eigenvalue weighted by Gasteiger charge is -2.18. The summed E-state index contributed by atoms with van der Waals surface area (Å²) in [6.45, 7) is 1.53. The van der Waals surface area contributed by atoms with Crippen molar-refractivity contribution in [1.29, 1.82) is 5.26 Å². The van der Waals surface area contributed by atoms with Gasteiger partial charge in [0.25, 0.3) is 0 Å². The Morgan fingerprint density at radius 1 is 1.41 bits per heavy atom. The van der Waals surface area contributed by atoms with Gasteiger partial charge in [0.05, 0.1) is 17.7 Å². The van der Waals surface area contributed by atoms with Crippen molar-refractivity contribution in [3.05, 3.63) is 0 Å². The average Bonchev–Trinajstić information content (AvgIpc) is 2.14. The molecule has 4 nitrogen and oxygen atoms in total. The van der Waals surface area contributed by atoms with Gasteiger partial charge in [0, 0.05) is 20.0 Å². The SMILES string of the molecule is CC(C#N)CN(C)S(=O)(=O)CCCC(F)(F)F. The maximum Gasteiger partial charge on any atom is 0.389 e. The smallest absolute Gasteiger partial charge is 0.212 e. The Morgan fingerprint density at radius 2 is 1.94 bits per heavy atom. The first-order valence-corrected chi connectivity index (χ1v) is 6.60. The normalized spacial score (nSPS) is 14.6. The van der Waals surface area contributed by atoms with Gasteiger partial charge in [0.1, 0.15) is 0 Å². The summed E-state index contributed by atoms with van der Waals surface area (Å²) in [6.07, 6.45) is -5.92. The van der Waals surface area contributed by atoms with Gasteiger partial charge in [-0.2, -0.15) is 18.4 Å². The molecule has 0 fully saturated rings. The van der Waals surface area contributed by atoms with Crippen molar-refractivity contribution in [1.82, 2.24) is 4.31 Å². The molecule has 0 aromatic heterocycles. The largest absolute Gasteiger partial charge is 0.389 e. The molecule has 0 bridgehead atoms. The molecule has 0 aromatic carbocycles. The zero-order chi connectivity index (χ0) is 13.7. The number of alkyl halides is 3. The minimum Gasteiger partial charge on any atom is -0.212 e. The second kappa shape index (κ2) is 6.21. The molecule has 0 amide bonds. The number of sulfonamides is 1. The van der Waals surface area contributed by atoms with Crippen LogP contribution in [-0.4, -0.2) is 38.2 Å². The van der Waals surface area contributed by atoms with Crippen LogP contribution in [0.3, 0.4) is 0 Å². The van der Waals surface area contributed by atoms with Crippen LogP contribution in [0.2, 0.25) is 0 Å². The molecule has 0 aliphatic heterocycles. The summed E-state index contributed by atoms with van der Waals surface area (Å²) >= 11 is 0. The van der Waals surface area contributed by atoms with E-state index in [0.717, 1.165) is 4.31 Å². The molecule has 0 aliphatic carbocycles. The standard InChI is InChI=1S/C9H15F3N2O2S/c1-8(6-13)7-14(2)17(15,16)5-3-4-9(10,11)12/h8H,3-5,7H2,1-2H3. The van der Waals surface area contributed by atoms with Crippen molar-refractivity contribution < 1.29 is 21.6 Å². The molecule has 1 atom stereocenters. The highest BCUT2D eigenvalue weighted by atomic mass is 32.2. The van der Waals surface area contributed by atoms with Gasteiger partial charge in [-0.1, -0.05) is 0 Å². The van der Waals surface area contributed by atoms with Crippen molar-refractivity contribution in [2.24, 2.45) is 5.92 Å². The number of hydrogen-bond donors (Lipinski definition) is 0. The first-order chi connectivity index (χ1) is 7.58. The third-order valence-corrected chi connectivity index (χ3v) is 3.99. The first kappa shape index (κ1) is 16.2. The summed E-state index contributed by atoms with van der Waals surface area (Å²) in [5, 5.41) is 8.51. The Morgan fingerprint density at radius 3 is 2.35 bits per heavy atom. The van der Waals surface area contributed by atoms with E-state index in [-0.39, 0.29) is 6.54 Å². The van der Waals surface area contributed by atoms with Crippen molar-refractivity contribution in [2.75, 3.05) is 19.3 Å². The Labute approximate surface area is 99.1 Å². The molecule has 0 spiro atoms. The Hall–Kier alpha value is -0.810. The maximum absolute atomic E-state index is 11.8. The van der Waals surface area contributed by atoms with Crippen LogP contribution in [0, 0.1) is 17.2 Å². The number of nitriles is 1. The van der Waals surface area contributed by atoms with Crippen LogP contribution < -0.4 is 0 Å². The Kier molecular flexibility index (Phi) is 5.92. The molecular formula is C9H15F3N2O2S. The van der Waals surface area contributed by atoms with Crippen LogP contribution in [0.5, 0.6) is 0 Å². The first-order valence-electron chi connectivity index (χ1n) is 4.99. The minimum absolute atomic E-state index is 0.00908. The predicted molar refractivity (Wildman–Crippen MR) is 56.5 cm³/mol. The Balaban J connectivity index is 4.25. The van der Waals surface area contributed by atoms with E-state index in [1.165, 1.54) is 7.05 Å². The molecule has 0 aromatic rings. The fourth-order valence-corrected chi connectivity index (χ4v) is 2.42. The number of halogens is 3. The lowest BCUT2D eigenvalue weighted by Crippen LogP contribution is -2.33. The molecule has 17 heavy (non-hydrogen) atoms. The second-order valence-electron chi connectivity index (χ2n) is 3.85. The van der Waals surface area contributed by atoms with E-state index < -0.39 is 40.7 Å². The van der Waals surface area contributed by atoms with Crippen molar-refractivity contribution in [2.45, 2.75) is 25.9 Å². The van der Waals surface area contributed by atoms with E-state index in [0.29, 0.717) is 0 Å². The van der Waals surface area contributed by atoms with Gasteiger partial charge in [-0.05, 0) is 13.3 Å². The molecular weight excluding hydrogens is 257 g/mol. The van der Waals surface area contributed by atoms with Crippen LogP contribution in [0.1, 0.15) is 19.8 Å². The topological polar surface area (TPSA) is 61.2 Å². The molecule has 0 rings (SSSR count). The molecule has 100 valence electrons. The van der Waals surface area contributed by atoms with Crippen LogP contribution in [0.4, 0.5) is 13.2 Å². The number of nitrogens with zero attached hydrogens (tertiary/aromatic N) is 2. The molecule has 0 radical (unpaired) electrons. The fourth-order valence-electron chi connectivity index (χ4n) is 1.15. The quantitative estimate of drug-likeness (QED) is 0.740. The van der Waals surface area contributed by atoms with E-state index >= 15 is 0 Å². The predicted octanol–water partition coefficient (Wildman–Crippen LogP) is 1.75. The van der Waals surface area contributed by atoms with E-state index in [1.807, 2.05) is 6.07 Å². The van der Waals surface area contributed by atoms with Gasteiger partial charge in [0.2, 0.25) is 10.0 Å². The number of hydrogen-bond acceptors (Lipinski definition) is 3. The van der Waals surface area contributed by atoms with Gasteiger partial charge in [-0.25, -0.2) is 12.7 Å². The van der Waals surface area contributed by atoms with Gasteiger partial charge in [-0.15, -0.1) is 0 Å². The highest BCUT2D eigenvalue weighted by Crippen LogP contribution is 2.22. The van der Waals surface area contributed by atoms with Crippen LogP contribution in [0.15, 0.2) is 0 Å². The summed E-state index contributed by atoms with van der Waals surface area (Å²) in [6, 6.07) is 1.86. The molecule has 1 unspecified atom stereocenters. The minimum atomic E-state index is -4.34. The van der Waals surface area contributed by atoms with Gasteiger partial charge in [-0.3, -0.25) is 0 Å². The molecule has 0 saturated carbocycles. The molecule has 0 heterocycles. The average molecular weight is 272 g/mol. The molecule has 8 heteroatoms. The van der Waals surface area contributed by atoms with Crippen molar-refractivity contribution >= 4 is 10.0 Å². The monoisotopic (exact) mass is 272 g/mol. The van der Waals surface area contributed by atoms with Crippen molar-refractivity contribution in [3.8, 4) is 6.07 Å². The van der Waals surface area contributed by atoms with Crippen LogP contribution in [-0.2, 0) is 10.0 Å². The maximum atomic E-state index is 11.8. The zero-order valence-corrected chi connectivity index (χ0v) is 10.5. The van der Waals surface area contributed by atoms with Crippen molar-refractivity contribution in [3.63, 3.8) is 0 Å². The fraction of sp³-hybridized carbons (Fsp3) is 0.889. The lowest BCUT2D eigenvalue weighted by molar-refractivity contribution is -0.134. The highest BCUT2D eigenvalue weighted by Gasteiger charge is 2.28. The van der Waals surface area contributed by atoms with Gasteiger partial charge < -0.3 is 0 Å². The summed E-state index contributed by atoms with van der Waals surface area (Å²) in [4.78, 5) is 0. The van der Waals surface area contributed by atoms with Gasteiger partial charge >= 0.3 is 6.18 Å². The van der Waals surface area contributed by atoms with Crippen LogP contribution >= 0.6 is 0 Å². The third-order valence-electron chi connectivity index (χ3n) is 2.09. The lowest BCUT2D eigenvalue weighted by atomic mass is 10.2. The summed E-state index contributed by atoms with van der Waals surface area (Å²) in [5.41, 5.74) is 0. The van der Waals surface area contributed by atoms with E-state index in [1.54, 1.807) is 6.92 Å². The Bertz CT molecular complexity index is 373. The van der Waals surface area contributed by atoms with E-state index in [2.05, 4.69) is 0 Å². The van der Waals surface area contributed by atoms with E-state index in [9.17, 15) is 21.6 Å². The molecule has 0 saturated heterocycles. The number of rotatable bonds is 6. The summed E-state index contributed by atoms with van der Waals surface area (Å²) in [7, 11) is -2.44. The highest BCUT2D eigenvalue weighted by molar-refractivity contribution is 7.89. The third kappa shape index (κ3) is 7.18. The molecule has 0 aliphatic rings. The van der Waals surface area contributed by atoms with E-state index in [4.69, 9.17) is 5.26 Å². The second-order valence-corrected chi connectivity index (χ2v) is 6.04. The van der Waals surface area contributed by atoms with Gasteiger partial charge in [0.15, 0.2) is 0 Å². The van der Waals surface area contributed by atoms with Crippen LogP contribution in [0.25, 0.3) is 0 Å². The zero-order valence-electron chi connectivity index (χ0n) is 9.66. The summed E-state index contributed by atoms with van der Waals surface area (Å²) in [5.74, 6) is -1.04. The molecule has 0 N–H and O–H groups in total. The summed E-state index contributed by atoms with van der Waals surface area (Å²) < 4.78 is 59.5.